The predicted molar refractivity (Wildman–Crippen MR) is 54.2 cm³/mol. The summed E-state index contributed by atoms with van der Waals surface area (Å²) in [4.78, 5) is 0. The van der Waals surface area contributed by atoms with Crippen LogP contribution in [-0.4, -0.2) is 19.3 Å². The number of aryl methyl sites for hydroxylation is 2. The molecule has 3 heteroatoms. The Morgan fingerprint density at radius 1 is 1.50 bits per heavy atom. The Hall–Kier alpha value is -0.800. The van der Waals surface area contributed by atoms with Gasteiger partial charge in [0.05, 0.1) is 6.61 Å². The average molecular weight is 195 g/mol. The van der Waals surface area contributed by atoms with Crippen LogP contribution in [-0.2, 0) is 11.3 Å². The highest BCUT2D eigenvalue weighted by Crippen LogP contribution is 2.14. The van der Waals surface area contributed by atoms with Gasteiger partial charge in [-0.15, -0.1) is 0 Å². The second-order valence-electron chi connectivity index (χ2n) is 3.88. The zero-order chi connectivity index (χ0) is 9.97. The van der Waals surface area contributed by atoms with Crippen molar-refractivity contribution in [3.05, 3.63) is 23.2 Å². The molecule has 1 aliphatic rings. The first kappa shape index (κ1) is 9.74. The molecule has 78 valence electrons. The van der Waals surface area contributed by atoms with Crippen molar-refractivity contribution in [1.29, 1.82) is 0 Å². The van der Waals surface area contributed by atoms with Gasteiger partial charge in [0.25, 0.3) is 0 Å². The van der Waals surface area contributed by atoms with Gasteiger partial charge in [-0.25, -0.2) is 0 Å². The van der Waals surface area contributed by atoms with Crippen LogP contribution in [0.4, 0.5) is 0 Å². The third-order valence-corrected chi connectivity index (χ3v) is 2.65. The van der Waals surface area contributed by atoms with Crippen molar-refractivity contribution in [2.24, 2.45) is 0 Å². The Labute approximate surface area is 84.4 Å². The summed E-state index contributed by atoms with van der Waals surface area (Å²) in [7, 11) is 0. The molecule has 1 N–H and O–H groups in total. The lowest BCUT2D eigenvalue weighted by Gasteiger charge is -2.09. The van der Waals surface area contributed by atoms with Crippen LogP contribution in [0.25, 0.3) is 0 Å². The van der Waals surface area contributed by atoms with E-state index in [1.807, 2.05) is 13.8 Å². The molecule has 1 aliphatic heterocycles. The van der Waals surface area contributed by atoms with Crippen molar-refractivity contribution < 1.29 is 9.15 Å². The maximum absolute atomic E-state index is 5.46. The summed E-state index contributed by atoms with van der Waals surface area (Å²) in [6.45, 7) is 6.61. The number of hydrogen-bond donors (Lipinski definition) is 1. The lowest BCUT2D eigenvalue weighted by Crippen LogP contribution is -2.28. The van der Waals surface area contributed by atoms with E-state index in [2.05, 4.69) is 11.4 Å². The summed E-state index contributed by atoms with van der Waals surface area (Å²) in [6.07, 6.45) is 1.12. The first-order valence-corrected chi connectivity index (χ1v) is 5.13. The Kier molecular flexibility index (Phi) is 2.89. The summed E-state index contributed by atoms with van der Waals surface area (Å²) in [5, 5.41) is 3.47. The quantitative estimate of drug-likeness (QED) is 0.798. The number of furan rings is 1. The predicted octanol–water partition coefficient (Wildman–Crippen LogP) is 1.77. The van der Waals surface area contributed by atoms with E-state index in [0.29, 0.717) is 6.04 Å². The zero-order valence-corrected chi connectivity index (χ0v) is 8.80. The lowest BCUT2D eigenvalue weighted by molar-refractivity contribution is 0.190. The molecule has 1 fully saturated rings. The lowest BCUT2D eigenvalue weighted by atomic mass is 10.2. The van der Waals surface area contributed by atoms with Gasteiger partial charge in [-0.3, -0.25) is 0 Å². The molecule has 0 saturated carbocycles. The monoisotopic (exact) mass is 195 g/mol. The molecular formula is C11H17NO2. The summed E-state index contributed by atoms with van der Waals surface area (Å²) in [6, 6.07) is 2.61. The van der Waals surface area contributed by atoms with Gasteiger partial charge < -0.3 is 14.5 Å². The molecule has 0 spiro atoms. The third-order valence-electron chi connectivity index (χ3n) is 2.65. The Morgan fingerprint density at radius 2 is 2.36 bits per heavy atom. The molecular weight excluding hydrogens is 178 g/mol. The molecule has 0 aliphatic carbocycles. The minimum atomic E-state index is 0.518. The van der Waals surface area contributed by atoms with Crippen LogP contribution in [0.5, 0.6) is 0 Å². The van der Waals surface area contributed by atoms with Gasteiger partial charge in [-0.05, 0) is 26.3 Å². The van der Waals surface area contributed by atoms with Crippen molar-refractivity contribution in [1.82, 2.24) is 5.32 Å². The molecule has 1 saturated heterocycles. The summed E-state index contributed by atoms with van der Waals surface area (Å²) >= 11 is 0. The summed E-state index contributed by atoms with van der Waals surface area (Å²) in [5.74, 6) is 2.01. The molecule has 1 aromatic rings. The van der Waals surface area contributed by atoms with E-state index < -0.39 is 0 Å². The van der Waals surface area contributed by atoms with Crippen LogP contribution in [0.15, 0.2) is 10.5 Å². The van der Waals surface area contributed by atoms with E-state index in [-0.39, 0.29) is 0 Å². The summed E-state index contributed by atoms with van der Waals surface area (Å²) < 4.78 is 10.8. The fourth-order valence-electron chi connectivity index (χ4n) is 1.81. The maximum atomic E-state index is 5.46. The van der Waals surface area contributed by atoms with Crippen molar-refractivity contribution in [2.45, 2.75) is 32.9 Å². The van der Waals surface area contributed by atoms with Gasteiger partial charge in [0, 0.05) is 24.8 Å². The molecule has 1 unspecified atom stereocenters. The molecule has 0 radical (unpaired) electrons. The van der Waals surface area contributed by atoms with Crippen LogP contribution < -0.4 is 5.32 Å². The Bertz CT molecular complexity index is 300. The van der Waals surface area contributed by atoms with Crippen LogP contribution in [0.1, 0.15) is 23.5 Å². The van der Waals surface area contributed by atoms with E-state index in [0.717, 1.165) is 37.7 Å². The normalized spacial score (nSPS) is 21.7. The van der Waals surface area contributed by atoms with Gasteiger partial charge in [-0.2, -0.15) is 0 Å². The molecule has 0 bridgehead atoms. The SMILES string of the molecule is Cc1cc(CNC2CCOC2)c(C)o1. The molecule has 0 amide bonds. The van der Waals surface area contributed by atoms with Crippen LogP contribution >= 0.6 is 0 Å². The Balaban J connectivity index is 1.87. The molecule has 0 aromatic carbocycles. The number of hydrogen-bond acceptors (Lipinski definition) is 3. The van der Waals surface area contributed by atoms with E-state index in [9.17, 15) is 0 Å². The minimum Gasteiger partial charge on any atom is -0.466 e. The van der Waals surface area contributed by atoms with Crippen molar-refractivity contribution in [3.63, 3.8) is 0 Å². The second kappa shape index (κ2) is 4.15. The molecule has 3 nitrogen and oxygen atoms in total. The first-order chi connectivity index (χ1) is 6.75. The number of nitrogens with one attached hydrogen (secondary N) is 1. The molecule has 1 aromatic heterocycles. The van der Waals surface area contributed by atoms with Crippen molar-refractivity contribution in [3.8, 4) is 0 Å². The highest BCUT2D eigenvalue weighted by molar-refractivity contribution is 5.19. The zero-order valence-electron chi connectivity index (χ0n) is 8.80. The molecule has 2 heterocycles. The average Bonchev–Trinajstić information content (AvgIpc) is 2.72. The van der Waals surface area contributed by atoms with Gasteiger partial charge in [-0.1, -0.05) is 0 Å². The molecule has 1 atom stereocenters. The minimum absolute atomic E-state index is 0.518. The second-order valence-corrected chi connectivity index (χ2v) is 3.88. The van der Waals surface area contributed by atoms with Crippen molar-refractivity contribution in [2.75, 3.05) is 13.2 Å². The summed E-state index contributed by atoms with van der Waals surface area (Å²) in [5.41, 5.74) is 1.26. The van der Waals surface area contributed by atoms with Crippen LogP contribution in [0.2, 0.25) is 0 Å². The van der Waals surface area contributed by atoms with Crippen LogP contribution in [0, 0.1) is 13.8 Å². The highest BCUT2D eigenvalue weighted by atomic mass is 16.5. The van der Waals surface area contributed by atoms with Gasteiger partial charge in [0.15, 0.2) is 0 Å². The fourth-order valence-corrected chi connectivity index (χ4v) is 1.81. The number of ether oxygens (including phenoxy) is 1. The van der Waals surface area contributed by atoms with E-state index in [1.54, 1.807) is 0 Å². The molecule has 14 heavy (non-hydrogen) atoms. The molecule has 2 rings (SSSR count). The van der Waals surface area contributed by atoms with Gasteiger partial charge >= 0.3 is 0 Å². The number of rotatable bonds is 3. The van der Waals surface area contributed by atoms with Gasteiger partial charge in [0.1, 0.15) is 11.5 Å². The maximum Gasteiger partial charge on any atom is 0.105 e. The van der Waals surface area contributed by atoms with E-state index >= 15 is 0 Å². The smallest absolute Gasteiger partial charge is 0.105 e. The Morgan fingerprint density at radius 3 is 2.93 bits per heavy atom. The first-order valence-electron chi connectivity index (χ1n) is 5.13. The fraction of sp³-hybridized carbons (Fsp3) is 0.636. The van der Waals surface area contributed by atoms with Gasteiger partial charge in [0.2, 0.25) is 0 Å². The standard InChI is InChI=1S/C11H17NO2/c1-8-5-10(9(2)14-8)6-12-11-3-4-13-7-11/h5,11-12H,3-4,6-7H2,1-2H3. The van der Waals surface area contributed by atoms with E-state index in [4.69, 9.17) is 9.15 Å². The van der Waals surface area contributed by atoms with E-state index in [1.165, 1.54) is 5.56 Å². The largest absolute Gasteiger partial charge is 0.466 e. The highest BCUT2D eigenvalue weighted by Gasteiger charge is 2.15. The van der Waals surface area contributed by atoms with Crippen molar-refractivity contribution >= 4 is 0 Å². The third kappa shape index (κ3) is 2.16. The van der Waals surface area contributed by atoms with Crippen LogP contribution in [0.3, 0.4) is 0 Å². The topological polar surface area (TPSA) is 34.4 Å².